The van der Waals surface area contributed by atoms with Gasteiger partial charge in [-0.05, 0) is 80.4 Å². The fourth-order valence-electron chi connectivity index (χ4n) is 9.45. The third-order valence-electron chi connectivity index (χ3n) is 12.3. The van der Waals surface area contributed by atoms with E-state index in [1.165, 1.54) is 19.5 Å². The molecule has 58 heavy (non-hydrogen) atoms. The number of aromatic nitrogens is 4. The van der Waals surface area contributed by atoms with Crippen molar-refractivity contribution in [3.8, 4) is 63.6 Å². The Morgan fingerprint density at radius 3 is 1.09 bits per heavy atom. The molecule has 0 saturated heterocycles. The Hall–Kier alpha value is -3.75. The molecule has 7 aromatic rings. The summed E-state index contributed by atoms with van der Waals surface area (Å²) >= 11 is 7.01. The summed E-state index contributed by atoms with van der Waals surface area (Å²) in [7, 11) is -4.29. The second-order valence-electron chi connectivity index (χ2n) is 17.2. The van der Waals surface area contributed by atoms with Crippen molar-refractivity contribution in [1.82, 2.24) is 19.9 Å². The molecule has 0 amide bonds. The lowest BCUT2D eigenvalue weighted by atomic mass is 10.0. The van der Waals surface area contributed by atoms with Crippen LogP contribution in [0.25, 0.3) is 62.7 Å². The quantitative estimate of drug-likeness (QED) is 0.0780. The maximum atomic E-state index is 5.49. The first-order chi connectivity index (χ1) is 27.7. The van der Waals surface area contributed by atoms with Crippen LogP contribution in [0.3, 0.4) is 0 Å². The van der Waals surface area contributed by atoms with E-state index >= 15 is 0 Å². The van der Waals surface area contributed by atoms with E-state index in [1.807, 2.05) is 12.4 Å². The van der Waals surface area contributed by atoms with E-state index in [2.05, 4.69) is 165 Å². The van der Waals surface area contributed by atoms with Gasteiger partial charge in [0.15, 0.2) is 0 Å². The van der Waals surface area contributed by atoms with Crippen LogP contribution in [-0.4, -0.2) is 36.1 Å². The van der Waals surface area contributed by atoms with Gasteiger partial charge in [0.2, 0.25) is 0 Å². The average Bonchev–Trinajstić information content (AvgIpc) is 4.02. The van der Waals surface area contributed by atoms with Gasteiger partial charge in [0.25, 0.3) is 0 Å². The summed E-state index contributed by atoms with van der Waals surface area (Å²) in [5.74, 6) is 7.67. The van der Waals surface area contributed by atoms with Gasteiger partial charge in [-0.2, -0.15) is 0 Å². The fourth-order valence-corrected chi connectivity index (χ4v) is 23.5. The number of benzene rings is 1. The fraction of sp³-hybridized carbons (Fsp3) is 0.375. The Labute approximate surface area is 363 Å². The SMILES string of the molecule is CC(C)[Si](C#Cc1c2ncc(-c3ccc(-c4cccs4)s3)nc2c(C#C[Si](C(C)C)(C(C)C)C(C)C)c2ncc(-c3ccc(-c4cccs4)s3)nc12)(C(C)C)C(C)C. The molecule has 6 heterocycles. The summed E-state index contributed by atoms with van der Waals surface area (Å²) in [5.41, 5.74) is 17.2. The van der Waals surface area contributed by atoms with Gasteiger partial charge < -0.3 is 0 Å². The third kappa shape index (κ3) is 7.62. The molecule has 0 fully saturated rings. The van der Waals surface area contributed by atoms with Gasteiger partial charge >= 0.3 is 0 Å². The largest absolute Gasteiger partial charge is 0.251 e. The maximum absolute atomic E-state index is 5.49. The van der Waals surface area contributed by atoms with Crippen LogP contribution in [-0.2, 0) is 0 Å². The molecule has 0 bridgehead atoms. The van der Waals surface area contributed by atoms with Crippen molar-refractivity contribution < 1.29 is 0 Å². The molecule has 7 rings (SSSR count). The molecule has 0 unspecified atom stereocenters. The molecule has 1 aromatic carbocycles. The van der Waals surface area contributed by atoms with E-state index < -0.39 is 16.1 Å². The highest BCUT2D eigenvalue weighted by Crippen LogP contribution is 2.44. The minimum atomic E-state index is -2.14. The Morgan fingerprint density at radius 2 is 0.776 bits per heavy atom. The van der Waals surface area contributed by atoms with Crippen LogP contribution in [0, 0.1) is 22.9 Å². The maximum Gasteiger partial charge on any atom is 0.146 e. The van der Waals surface area contributed by atoms with Crippen molar-refractivity contribution in [3.05, 3.63) is 82.8 Å². The number of fused-ring (bicyclic) bond motifs is 2. The molecule has 0 saturated carbocycles. The molecule has 0 atom stereocenters. The van der Waals surface area contributed by atoms with E-state index in [0.717, 1.165) is 54.3 Å². The number of thiophene rings is 4. The average molecular weight is 871 g/mol. The molecule has 0 aliphatic carbocycles. The second kappa shape index (κ2) is 17.1. The topological polar surface area (TPSA) is 51.6 Å². The third-order valence-corrected chi connectivity index (χ3v) is 29.2. The van der Waals surface area contributed by atoms with Crippen LogP contribution in [0.1, 0.15) is 94.2 Å². The summed E-state index contributed by atoms with van der Waals surface area (Å²) in [4.78, 5) is 28.7. The van der Waals surface area contributed by atoms with Gasteiger partial charge in [-0.25, -0.2) is 9.97 Å². The molecule has 0 spiro atoms. The van der Waals surface area contributed by atoms with Gasteiger partial charge in [0, 0.05) is 19.5 Å². The van der Waals surface area contributed by atoms with Gasteiger partial charge in [0.05, 0.1) is 44.7 Å². The number of rotatable bonds is 10. The predicted molar refractivity (Wildman–Crippen MR) is 262 cm³/mol. The minimum Gasteiger partial charge on any atom is -0.251 e. The molecular formula is C48H54N4S4Si2. The lowest BCUT2D eigenvalue weighted by molar-refractivity contribution is 0.838. The van der Waals surface area contributed by atoms with Gasteiger partial charge in [-0.1, -0.05) is 107 Å². The van der Waals surface area contributed by atoms with Crippen molar-refractivity contribution >= 4 is 83.6 Å². The minimum absolute atomic E-state index is 0.473. The second-order valence-corrected chi connectivity index (χ2v) is 32.5. The van der Waals surface area contributed by atoms with Crippen molar-refractivity contribution in [2.24, 2.45) is 0 Å². The molecule has 0 aliphatic rings. The van der Waals surface area contributed by atoms with E-state index in [9.17, 15) is 0 Å². The molecule has 6 aromatic heterocycles. The highest BCUT2D eigenvalue weighted by molar-refractivity contribution is 7.23. The Bertz CT molecular complexity index is 2450. The highest BCUT2D eigenvalue weighted by Gasteiger charge is 2.43. The van der Waals surface area contributed by atoms with Crippen molar-refractivity contribution in [3.63, 3.8) is 0 Å². The smallest absolute Gasteiger partial charge is 0.146 e. The molecule has 4 nitrogen and oxygen atoms in total. The Balaban J connectivity index is 1.57. The lowest BCUT2D eigenvalue weighted by Gasteiger charge is -2.38. The standard InChI is InChI=1S/C48H54N4S4Si2/c1-29(2)57(30(3)4,31(5)6)25-21-35-45-48(52-38(27-49-45)40-18-20-44(56-40)42-16-14-24-54-42)36(22-26-58(32(7)8,33(9)10)34(11)12)46-47(35)51-37(28-50-46)39-17-19-43(55-39)41-15-13-23-53-41/h13-20,23-24,27-34H,1-12H3. The van der Waals surface area contributed by atoms with Crippen molar-refractivity contribution in [1.29, 1.82) is 0 Å². The van der Waals surface area contributed by atoms with Crippen LogP contribution in [0.15, 0.2) is 71.7 Å². The zero-order chi connectivity index (χ0) is 41.5. The lowest BCUT2D eigenvalue weighted by Crippen LogP contribution is -2.43. The number of hydrogen-bond donors (Lipinski definition) is 0. The monoisotopic (exact) mass is 870 g/mol. The van der Waals surface area contributed by atoms with Crippen LogP contribution in [0.4, 0.5) is 0 Å². The van der Waals surface area contributed by atoms with E-state index in [4.69, 9.17) is 19.9 Å². The van der Waals surface area contributed by atoms with Gasteiger partial charge in [-0.15, -0.1) is 56.4 Å². The first-order valence-corrected chi connectivity index (χ1v) is 28.4. The zero-order valence-electron chi connectivity index (χ0n) is 35.8. The summed E-state index contributed by atoms with van der Waals surface area (Å²) in [6.45, 7) is 28.4. The van der Waals surface area contributed by atoms with Gasteiger partial charge in [0.1, 0.15) is 38.2 Å². The number of hydrogen-bond acceptors (Lipinski definition) is 8. The molecule has 298 valence electrons. The summed E-state index contributed by atoms with van der Waals surface area (Å²) in [5, 5.41) is 4.25. The first-order valence-electron chi connectivity index (χ1n) is 20.5. The van der Waals surface area contributed by atoms with Gasteiger partial charge in [-0.3, -0.25) is 9.97 Å². The van der Waals surface area contributed by atoms with Crippen LogP contribution in [0.5, 0.6) is 0 Å². The predicted octanol–water partition coefficient (Wildman–Crippen LogP) is 15.6. The molecule has 10 heteroatoms. The molecule has 0 aliphatic heterocycles. The van der Waals surface area contributed by atoms with E-state index in [1.54, 1.807) is 45.3 Å². The molecule has 0 radical (unpaired) electrons. The highest BCUT2D eigenvalue weighted by atomic mass is 32.1. The van der Waals surface area contributed by atoms with E-state index in [-0.39, 0.29) is 0 Å². The van der Waals surface area contributed by atoms with Crippen molar-refractivity contribution in [2.75, 3.05) is 0 Å². The summed E-state index contributed by atoms with van der Waals surface area (Å²) < 4.78 is 0. The Kier molecular flexibility index (Phi) is 12.5. The van der Waals surface area contributed by atoms with Crippen molar-refractivity contribution in [2.45, 2.75) is 116 Å². The number of nitrogens with zero attached hydrogens (tertiary/aromatic N) is 4. The van der Waals surface area contributed by atoms with Crippen LogP contribution >= 0.6 is 45.3 Å². The summed E-state index contributed by atoms with van der Waals surface area (Å²) in [6, 6.07) is 17.3. The first kappa shape index (κ1) is 42.4. The molecule has 0 N–H and O–H groups in total. The van der Waals surface area contributed by atoms with Crippen LogP contribution in [0.2, 0.25) is 33.2 Å². The zero-order valence-corrected chi connectivity index (χ0v) is 41.1. The van der Waals surface area contributed by atoms with E-state index in [0.29, 0.717) is 33.2 Å². The van der Waals surface area contributed by atoms with Crippen LogP contribution < -0.4 is 0 Å². The molecular weight excluding hydrogens is 817 g/mol. The Morgan fingerprint density at radius 1 is 0.431 bits per heavy atom. The summed E-state index contributed by atoms with van der Waals surface area (Å²) in [6.07, 6.45) is 3.86. The normalized spacial score (nSPS) is 12.4.